The van der Waals surface area contributed by atoms with Gasteiger partial charge in [-0.05, 0) is 50.0 Å². The third-order valence-electron chi connectivity index (χ3n) is 5.08. The van der Waals surface area contributed by atoms with E-state index in [1.807, 2.05) is 6.92 Å². The smallest absolute Gasteiger partial charge is 0.342 e. The van der Waals surface area contributed by atoms with Gasteiger partial charge in [0, 0.05) is 17.7 Å². The summed E-state index contributed by atoms with van der Waals surface area (Å²) in [5.41, 5.74) is 4.57. The van der Waals surface area contributed by atoms with Crippen LogP contribution in [0.4, 0.5) is 5.82 Å². The van der Waals surface area contributed by atoms with E-state index >= 15 is 0 Å². The minimum Gasteiger partial charge on any atom is -0.493 e. The Kier molecular flexibility index (Phi) is 6.41. The summed E-state index contributed by atoms with van der Waals surface area (Å²) in [5.74, 6) is -2.69. The van der Waals surface area contributed by atoms with E-state index < -0.39 is 28.6 Å². The van der Waals surface area contributed by atoms with E-state index in [4.69, 9.17) is 10.5 Å². The molecule has 0 radical (unpaired) electrons. The summed E-state index contributed by atoms with van der Waals surface area (Å²) >= 11 is 0. The number of hydrogen-bond acceptors (Lipinski definition) is 6. The Bertz CT molecular complexity index is 1020. The first-order valence-electron chi connectivity index (χ1n) is 9.84. The van der Waals surface area contributed by atoms with E-state index in [0.29, 0.717) is 24.5 Å². The van der Waals surface area contributed by atoms with Gasteiger partial charge in [0.05, 0.1) is 6.61 Å². The highest BCUT2D eigenvalue weighted by atomic mass is 16.5. The fraction of sp³-hybridized carbons (Fsp3) is 0.381. The third kappa shape index (κ3) is 4.30. The van der Waals surface area contributed by atoms with E-state index in [2.05, 4.69) is 9.88 Å². The van der Waals surface area contributed by atoms with Crippen molar-refractivity contribution >= 4 is 17.8 Å². The number of aromatic nitrogens is 1. The number of nitrogens with two attached hydrogens (primary N) is 1. The van der Waals surface area contributed by atoms with Crippen LogP contribution in [0, 0.1) is 0 Å². The van der Waals surface area contributed by atoms with Gasteiger partial charge in [-0.25, -0.2) is 9.59 Å². The molecule has 0 unspecified atom stereocenters. The van der Waals surface area contributed by atoms with Gasteiger partial charge in [-0.2, -0.15) is 0 Å². The Hall–Kier alpha value is -3.33. The number of pyridine rings is 1. The average Bonchev–Trinajstić information content (AvgIpc) is 3.18. The number of anilines is 1. The van der Waals surface area contributed by atoms with Crippen molar-refractivity contribution in [2.24, 2.45) is 0 Å². The molecular weight excluding hydrogens is 390 g/mol. The number of likely N-dealkylation sites (tertiary alicyclic amines) is 1. The number of nitrogens with zero attached hydrogens (tertiary/aromatic N) is 1. The van der Waals surface area contributed by atoms with Crippen molar-refractivity contribution in [3.63, 3.8) is 0 Å². The van der Waals surface area contributed by atoms with E-state index in [9.17, 15) is 24.6 Å². The Morgan fingerprint density at radius 1 is 1.17 bits per heavy atom. The number of aromatic carboxylic acids is 2. The first-order chi connectivity index (χ1) is 14.3. The number of carboxylic acids is 2. The lowest BCUT2D eigenvalue weighted by Gasteiger charge is -2.20. The first-order valence-corrected chi connectivity index (χ1v) is 9.84. The summed E-state index contributed by atoms with van der Waals surface area (Å²) in [5, 5.41) is 19.2. The maximum absolute atomic E-state index is 12.3. The molecule has 30 heavy (non-hydrogen) atoms. The second-order valence-electron chi connectivity index (χ2n) is 7.26. The highest BCUT2D eigenvalue weighted by molar-refractivity contribution is 6.07. The predicted molar refractivity (Wildman–Crippen MR) is 111 cm³/mol. The maximum atomic E-state index is 12.3. The molecule has 1 aromatic carbocycles. The number of aromatic amines is 1. The minimum absolute atomic E-state index is 0.207. The van der Waals surface area contributed by atoms with E-state index in [1.54, 1.807) is 18.2 Å². The molecule has 0 atom stereocenters. The van der Waals surface area contributed by atoms with Gasteiger partial charge in [0.1, 0.15) is 22.7 Å². The Labute approximate surface area is 173 Å². The van der Waals surface area contributed by atoms with Gasteiger partial charge in [0.25, 0.3) is 5.56 Å². The van der Waals surface area contributed by atoms with Gasteiger partial charge in [0.15, 0.2) is 0 Å². The van der Waals surface area contributed by atoms with Crippen LogP contribution in [0.3, 0.4) is 0 Å². The van der Waals surface area contributed by atoms with Crippen molar-refractivity contribution in [1.29, 1.82) is 0 Å². The molecule has 2 aromatic rings. The van der Waals surface area contributed by atoms with Crippen LogP contribution in [0.2, 0.25) is 0 Å². The summed E-state index contributed by atoms with van der Waals surface area (Å²) in [7, 11) is 0. The molecule has 0 aliphatic carbocycles. The molecule has 9 heteroatoms. The van der Waals surface area contributed by atoms with Gasteiger partial charge >= 0.3 is 11.9 Å². The van der Waals surface area contributed by atoms with Crippen LogP contribution in [-0.2, 0) is 6.54 Å². The number of ether oxygens (including phenoxy) is 1. The standard InChI is InChI=1S/C21H25N3O6/c1-2-9-30-14-6-5-12(10-13(14)11-24-7-3-4-8-24)15-16(20(26)27)18(22)23-19(25)17(15)21(28)29/h5-6,10H,2-4,7-9,11H2,1H3,(H,26,27)(H,28,29)(H3,22,23,25). The molecule has 3 rings (SSSR count). The van der Waals surface area contributed by atoms with Crippen LogP contribution in [0.1, 0.15) is 52.5 Å². The molecule has 5 N–H and O–H groups in total. The van der Waals surface area contributed by atoms with Crippen LogP contribution in [0.15, 0.2) is 23.0 Å². The fourth-order valence-electron chi connectivity index (χ4n) is 3.73. The highest BCUT2D eigenvalue weighted by Gasteiger charge is 2.27. The number of rotatable bonds is 8. The summed E-state index contributed by atoms with van der Waals surface area (Å²) in [6.07, 6.45) is 3.02. The number of carbonyl (C=O) groups is 2. The summed E-state index contributed by atoms with van der Waals surface area (Å²) < 4.78 is 5.84. The van der Waals surface area contributed by atoms with Crippen molar-refractivity contribution in [3.05, 3.63) is 45.2 Å². The lowest BCUT2D eigenvalue weighted by Crippen LogP contribution is -2.24. The summed E-state index contributed by atoms with van der Waals surface area (Å²) in [4.78, 5) is 40.3. The number of nitrogen functional groups attached to an aromatic ring is 1. The Morgan fingerprint density at radius 2 is 1.83 bits per heavy atom. The molecule has 0 saturated carbocycles. The second kappa shape index (κ2) is 9.00. The van der Waals surface area contributed by atoms with Crippen molar-refractivity contribution < 1.29 is 24.5 Å². The molecule has 1 saturated heterocycles. The molecule has 9 nitrogen and oxygen atoms in total. The highest BCUT2D eigenvalue weighted by Crippen LogP contribution is 2.33. The third-order valence-corrected chi connectivity index (χ3v) is 5.08. The lowest BCUT2D eigenvalue weighted by atomic mass is 9.94. The monoisotopic (exact) mass is 415 g/mol. The number of H-pyrrole nitrogens is 1. The molecule has 0 amide bonds. The van der Waals surface area contributed by atoms with Gasteiger partial charge in [-0.1, -0.05) is 13.0 Å². The largest absolute Gasteiger partial charge is 0.493 e. The summed E-state index contributed by atoms with van der Waals surface area (Å²) in [6, 6.07) is 4.94. The number of benzene rings is 1. The van der Waals surface area contributed by atoms with Crippen molar-refractivity contribution in [2.75, 3.05) is 25.4 Å². The molecule has 1 aliphatic heterocycles. The molecule has 1 aliphatic rings. The number of hydrogen-bond donors (Lipinski definition) is 4. The quantitative estimate of drug-likeness (QED) is 0.514. The zero-order chi connectivity index (χ0) is 21.8. The van der Waals surface area contributed by atoms with Crippen molar-refractivity contribution in [3.8, 4) is 16.9 Å². The number of nitrogens with one attached hydrogen (secondary N) is 1. The van der Waals surface area contributed by atoms with Gasteiger partial charge in [0.2, 0.25) is 0 Å². The topological polar surface area (TPSA) is 146 Å². The normalized spacial score (nSPS) is 14.0. The SMILES string of the molecule is CCCOc1ccc(-c2c(C(=O)O)c(N)[nH]c(=O)c2C(=O)O)cc1CN1CCCC1. The average molecular weight is 415 g/mol. The molecular formula is C21H25N3O6. The maximum Gasteiger partial charge on any atom is 0.342 e. The molecule has 1 aromatic heterocycles. The number of carboxylic acid groups (broad SMARTS) is 2. The van der Waals surface area contributed by atoms with Gasteiger partial charge in [-0.15, -0.1) is 0 Å². The van der Waals surface area contributed by atoms with E-state index in [0.717, 1.165) is 37.9 Å². The Morgan fingerprint density at radius 3 is 2.43 bits per heavy atom. The van der Waals surface area contributed by atoms with Crippen LogP contribution >= 0.6 is 0 Å². The summed E-state index contributed by atoms with van der Waals surface area (Å²) in [6.45, 7) is 4.97. The minimum atomic E-state index is -1.53. The van der Waals surface area contributed by atoms with Gasteiger partial charge < -0.3 is 25.7 Å². The lowest BCUT2D eigenvalue weighted by molar-refractivity contribution is 0.0695. The van der Waals surface area contributed by atoms with Crippen molar-refractivity contribution in [2.45, 2.75) is 32.7 Å². The van der Waals surface area contributed by atoms with E-state index in [-0.39, 0.29) is 11.4 Å². The first kappa shape index (κ1) is 21.4. The molecule has 0 bridgehead atoms. The molecule has 2 heterocycles. The zero-order valence-electron chi connectivity index (χ0n) is 16.7. The second-order valence-corrected chi connectivity index (χ2v) is 7.26. The predicted octanol–water partition coefficient (Wildman–Crippen LogP) is 2.41. The van der Waals surface area contributed by atoms with Crippen LogP contribution in [-0.4, -0.2) is 51.7 Å². The molecule has 0 spiro atoms. The zero-order valence-corrected chi connectivity index (χ0v) is 16.7. The Balaban J connectivity index is 2.20. The van der Waals surface area contributed by atoms with Gasteiger partial charge in [-0.3, -0.25) is 9.69 Å². The van der Waals surface area contributed by atoms with Crippen LogP contribution in [0.5, 0.6) is 5.75 Å². The van der Waals surface area contributed by atoms with Crippen LogP contribution in [0.25, 0.3) is 11.1 Å². The molecule has 1 fully saturated rings. The fourth-order valence-corrected chi connectivity index (χ4v) is 3.73. The van der Waals surface area contributed by atoms with E-state index in [1.165, 1.54) is 0 Å². The molecule has 160 valence electrons. The van der Waals surface area contributed by atoms with Crippen molar-refractivity contribution in [1.82, 2.24) is 9.88 Å². The van der Waals surface area contributed by atoms with Crippen LogP contribution < -0.4 is 16.0 Å².